The molecule has 4 rings (SSSR count). The normalized spacial score (nSPS) is 10.4. The summed E-state index contributed by atoms with van der Waals surface area (Å²) in [7, 11) is 0. The van der Waals surface area contributed by atoms with Crippen molar-refractivity contribution in [3.05, 3.63) is 96.0 Å². The lowest BCUT2D eigenvalue weighted by molar-refractivity contribution is 0.102. The molecular formula is C22H16ClN5O. The van der Waals surface area contributed by atoms with Crippen LogP contribution in [-0.2, 0) is 0 Å². The van der Waals surface area contributed by atoms with Crippen molar-refractivity contribution in [2.45, 2.75) is 0 Å². The first-order chi connectivity index (χ1) is 14.2. The van der Waals surface area contributed by atoms with E-state index in [4.69, 9.17) is 11.6 Å². The number of nitrogens with one attached hydrogen (secondary N) is 2. The van der Waals surface area contributed by atoms with Crippen LogP contribution in [0.1, 0.15) is 10.5 Å². The topological polar surface area (TPSA) is 79.8 Å². The predicted octanol–water partition coefficient (Wildman–Crippen LogP) is 5.19. The molecule has 0 spiro atoms. The van der Waals surface area contributed by atoms with Gasteiger partial charge in [-0.25, -0.2) is 9.97 Å². The molecule has 0 unspecified atom stereocenters. The van der Waals surface area contributed by atoms with E-state index in [0.29, 0.717) is 16.7 Å². The predicted molar refractivity (Wildman–Crippen MR) is 114 cm³/mol. The molecule has 0 radical (unpaired) electrons. The van der Waals surface area contributed by atoms with Gasteiger partial charge in [0.1, 0.15) is 5.69 Å². The monoisotopic (exact) mass is 401 g/mol. The molecule has 4 aromatic rings. The van der Waals surface area contributed by atoms with Crippen LogP contribution in [0, 0.1) is 0 Å². The molecule has 1 amide bonds. The minimum Gasteiger partial charge on any atom is -0.324 e. The lowest BCUT2D eigenvalue weighted by atomic mass is 10.1. The number of nitrogens with zero attached hydrogens (tertiary/aromatic N) is 3. The second-order valence-corrected chi connectivity index (χ2v) is 6.58. The van der Waals surface area contributed by atoms with Crippen molar-refractivity contribution in [3.63, 3.8) is 0 Å². The number of carbonyl (C=O) groups excluding carboxylic acids is 1. The van der Waals surface area contributed by atoms with E-state index < -0.39 is 0 Å². The second-order valence-electron chi connectivity index (χ2n) is 6.14. The highest BCUT2D eigenvalue weighted by Gasteiger charge is 2.13. The van der Waals surface area contributed by atoms with Gasteiger partial charge in [-0.1, -0.05) is 41.9 Å². The third-order valence-electron chi connectivity index (χ3n) is 4.14. The third kappa shape index (κ3) is 4.56. The van der Waals surface area contributed by atoms with Gasteiger partial charge in [-0.3, -0.25) is 9.78 Å². The van der Waals surface area contributed by atoms with Gasteiger partial charge in [-0.15, -0.1) is 0 Å². The summed E-state index contributed by atoms with van der Waals surface area (Å²) >= 11 is 5.90. The molecule has 0 atom stereocenters. The number of hydrogen-bond donors (Lipinski definition) is 2. The number of benzene rings is 2. The van der Waals surface area contributed by atoms with E-state index in [1.807, 2.05) is 36.4 Å². The third-order valence-corrected chi connectivity index (χ3v) is 4.39. The van der Waals surface area contributed by atoms with E-state index in [0.717, 1.165) is 16.8 Å². The maximum Gasteiger partial charge on any atom is 0.274 e. The Labute approximate surface area is 172 Å². The molecule has 0 saturated carbocycles. The summed E-state index contributed by atoms with van der Waals surface area (Å²) in [6.45, 7) is 0. The Balaban J connectivity index is 1.55. The van der Waals surface area contributed by atoms with Crippen molar-refractivity contribution in [1.82, 2.24) is 15.0 Å². The standard InChI is InChI=1S/C22H16ClN5O/c23-16-6-8-17(9-7-16)26-22-25-13-11-19(28-22)21(29)27-20-14-24-12-10-18(20)15-4-2-1-3-5-15/h1-14H,(H,27,29)(H,25,26,28). The first kappa shape index (κ1) is 18.6. The molecule has 0 aliphatic rings. The number of hydrogen-bond acceptors (Lipinski definition) is 5. The Bertz CT molecular complexity index is 1130. The zero-order valence-corrected chi connectivity index (χ0v) is 16.0. The number of rotatable bonds is 5. The number of anilines is 3. The first-order valence-electron chi connectivity index (χ1n) is 8.85. The minimum absolute atomic E-state index is 0.235. The fraction of sp³-hybridized carbons (Fsp3) is 0. The Morgan fingerprint density at radius 2 is 1.69 bits per heavy atom. The fourth-order valence-corrected chi connectivity index (χ4v) is 2.88. The van der Waals surface area contributed by atoms with Gasteiger partial charge in [-0.05, 0) is 42.0 Å². The van der Waals surface area contributed by atoms with Gasteiger partial charge in [-0.2, -0.15) is 0 Å². The maximum absolute atomic E-state index is 12.8. The lowest BCUT2D eigenvalue weighted by Gasteiger charge is -2.11. The fourth-order valence-electron chi connectivity index (χ4n) is 2.76. The number of carbonyl (C=O) groups is 1. The molecule has 2 heterocycles. The molecule has 0 aliphatic heterocycles. The zero-order chi connectivity index (χ0) is 20.1. The Hall–Kier alpha value is -3.77. The summed E-state index contributed by atoms with van der Waals surface area (Å²) in [4.78, 5) is 25.4. The average Bonchev–Trinajstić information content (AvgIpc) is 2.76. The van der Waals surface area contributed by atoms with Crippen LogP contribution in [0.25, 0.3) is 11.1 Å². The first-order valence-corrected chi connectivity index (χ1v) is 9.23. The SMILES string of the molecule is O=C(Nc1cnccc1-c1ccccc1)c1ccnc(Nc2ccc(Cl)cc2)n1. The minimum atomic E-state index is -0.350. The Kier molecular flexibility index (Phi) is 5.45. The molecule has 0 saturated heterocycles. The van der Waals surface area contributed by atoms with E-state index in [1.165, 1.54) is 6.20 Å². The summed E-state index contributed by atoms with van der Waals surface area (Å²) in [6, 6.07) is 20.3. The molecule has 29 heavy (non-hydrogen) atoms. The van der Waals surface area contributed by atoms with Crippen LogP contribution in [0.5, 0.6) is 0 Å². The molecule has 0 fully saturated rings. The molecule has 2 N–H and O–H groups in total. The number of aromatic nitrogens is 3. The van der Waals surface area contributed by atoms with Gasteiger partial charge < -0.3 is 10.6 Å². The van der Waals surface area contributed by atoms with Crippen molar-refractivity contribution in [2.24, 2.45) is 0 Å². The largest absolute Gasteiger partial charge is 0.324 e. The summed E-state index contributed by atoms with van der Waals surface area (Å²) in [5, 5.41) is 6.58. The van der Waals surface area contributed by atoms with Crippen LogP contribution in [0.2, 0.25) is 5.02 Å². The Morgan fingerprint density at radius 1 is 0.897 bits per heavy atom. The summed E-state index contributed by atoms with van der Waals surface area (Å²) in [5.74, 6) is -0.0359. The van der Waals surface area contributed by atoms with Crippen molar-refractivity contribution in [1.29, 1.82) is 0 Å². The van der Waals surface area contributed by atoms with Crippen molar-refractivity contribution in [2.75, 3.05) is 10.6 Å². The smallest absolute Gasteiger partial charge is 0.274 e. The second kappa shape index (κ2) is 8.50. The van der Waals surface area contributed by atoms with Gasteiger partial charge in [0, 0.05) is 28.7 Å². The quantitative estimate of drug-likeness (QED) is 0.481. The van der Waals surface area contributed by atoms with Gasteiger partial charge in [0.2, 0.25) is 5.95 Å². The molecular weight excluding hydrogens is 386 g/mol. The number of amides is 1. The van der Waals surface area contributed by atoms with E-state index >= 15 is 0 Å². The Morgan fingerprint density at radius 3 is 2.48 bits per heavy atom. The lowest BCUT2D eigenvalue weighted by Crippen LogP contribution is -2.15. The van der Waals surface area contributed by atoms with E-state index in [2.05, 4.69) is 25.6 Å². The van der Waals surface area contributed by atoms with Gasteiger partial charge >= 0.3 is 0 Å². The van der Waals surface area contributed by atoms with E-state index in [9.17, 15) is 4.79 Å². The number of halogens is 1. The van der Waals surface area contributed by atoms with Crippen molar-refractivity contribution in [3.8, 4) is 11.1 Å². The molecule has 6 nitrogen and oxygen atoms in total. The molecule has 2 aromatic carbocycles. The summed E-state index contributed by atoms with van der Waals surface area (Å²) < 4.78 is 0. The molecule has 2 aromatic heterocycles. The molecule has 142 valence electrons. The van der Waals surface area contributed by atoms with Crippen molar-refractivity contribution < 1.29 is 4.79 Å². The highest BCUT2D eigenvalue weighted by atomic mass is 35.5. The molecule has 0 aliphatic carbocycles. The van der Waals surface area contributed by atoms with Gasteiger partial charge in [0.15, 0.2) is 0 Å². The zero-order valence-electron chi connectivity index (χ0n) is 15.2. The molecule has 0 bridgehead atoms. The molecule has 7 heteroatoms. The van der Waals surface area contributed by atoms with Crippen LogP contribution < -0.4 is 10.6 Å². The summed E-state index contributed by atoms with van der Waals surface area (Å²) in [5.41, 5.74) is 3.47. The van der Waals surface area contributed by atoms with E-state index in [-0.39, 0.29) is 11.6 Å². The highest BCUT2D eigenvalue weighted by Crippen LogP contribution is 2.27. The van der Waals surface area contributed by atoms with Crippen LogP contribution in [-0.4, -0.2) is 20.9 Å². The highest BCUT2D eigenvalue weighted by molar-refractivity contribution is 6.30. The van der Waals surface area contributed by atoms with Crippen LogP contribution in [0.4, 0.5) is 17.3 Å². The van der Waals surface area contributed by atoms with Gasteiger partial charge in [0.25, 0.3) is 5.91 Å². The summed E-state index contributed by atoms with van der Waals surface area (Å²) in [6.07, 6.45) is 4.84. The van der Waals surface area contributed by atoms with Crippen LogP contribution in [0.15, 0.2) is 85.3 Å². The maximum atomic E-state index is 12.8. The van der Waals surface area contributed by atoms with Crippen LogP contribution >= 0.6 is 11.6 Å². The average molecular weight is 402 g/mol. The van der Waals surface area contributed by atoms with Crippen LogP contribution in [0.3, 0.4) is 0 Å². The van der Waals surface area contributed by atoms with E-state index in [1.54, 1.807) is 42.7 Å². The van der Waals surface area contributed by atoms with Crippen molar-refractivity contribution >= 4 is 34.8 Å². The van der Waals surface area contributed by atoms with Gasteiger partial charge in [0.05, 0.1) is 11.9 Å². The number of pyridine rings is 1.